The molecule has 0 bridgehead atoms. The zero-order valence-electron chi connectivity index (χ0n) is 17.8. The Morgan fingerprint density at radius 2 is 1.90 bits per heavy atom. The van der Waals surface area contributed by atoms with Crippen LogP contribution in [0, 0.1) is 6.92 Å². The van der Waals surface area contributed by atoms with Gasteiger partial charge in [0.1, 0.15) is 11.4 Å². The van der Waals surface area contributed by atoms with Crippen LogP contribution in [-0.2, 0) is 6.73 Å². The summed E-state index contributed by atoms with van der Waals surface area (Å²) in [7, 11) is 4.01. The number of carbonyl (C=O) groups excluding carboxylic acids is 1. The summed E-state index contributed by atoms with van der Waals surface area (Å²) < 4.78 is 7.32. The number of ether oxygens (including phenoxy) is 1. The number of carbonyl (C=O) groups is 1. The standard InChI is InChI=1S/C23H26Cl2N4O2/c1-16-14-19(8-9-20(16)25)31-15-29-13-11-22(27-29)23(30)26-21(10-12-28(2)3)17-4-6-18(24)7-5-17/h4-9,11,13-14,21H,10,12,15H2,1-3H3,(H,26,30). The number of aromatic nitrogens is 2. The Labute approximate surface area is 192 Å². The molecule has 1 heterocycles. The van der Waals surface area contributed by atoms with Crippen LogP contribution in [0.15, 0.2) is 54.7 Å². The lowest BCUT2D eigenvalue weighted by atomic mass is 10.0. The fraction of sp³-hybridized carbons (Fsp3) is 0.304. The Kier molecular flexibility index (Phi) is 7.96. The summed E-state index contributed by atoms with van der Waals surface area (Å²) in [6, 6.07) is 14.5. The van der Waals surface area contributed by atoms with Gasteiger partial charge in [-0.1, -0.05) is 35.3 Å². The topological polar surface area (TPSA) is 59.4 Å². The first-order valence-electron chi connectivity index (χ1n) is 9.95. The van der Waals surface area contributed by atoms with Crippen molar-refractivity contribution in [2.45, 2.75) is 26.1 Å². The first kappa shape index (κ1) is 23.1. The molecule has 3 rings (SSSR count). The average Bonchev–Trinajstić information content (AvgIpc) is 3.21. The molecule has 8 heteroatoms. The van der Waals surface area contributed by atoms with E-state index in [-0.39, 0.29) is 18.7 Å². The van der Waals surface area contributed by atoms with E-state index in [2.05, 4.69) is 15.3 Å². The fourth-order valence-corrected chi connectivity index (χ4v) is 3.28. The second-order valence-corrected chi connectivity index (χ2v) is 8.44. The van der Waals surface area contributed by atoms with Crippen molar-refractivity contribution in [3.63, 3.8) is 0 Å². The lowest BCUT2D eigenvalue weighted by molar-refractivity contribution is 0.0925. The molecule has 0 aliphatic carbocycles. The number of hydrogen-bond acceptors (Lipinski definition) is 4. The first-order valence-corrected chi connectivity index (χ1v) is 10.7. The van der Waals surface area contributed by atoms with Crippen molar-refractivity contribution in [3.8, 4) is 5.75 Å². The smallest absolute Gasteiger partial charge is 0.272 e. The molecule has 2 aromatic carbocycles. The van der Waals surface area contributed by atoms with E-state index in [1.165, 1.54) is 0 Å². The molecule has 0 fully saturated rings. The molecule has 1 N–H and O–H groups in total. The Morgan fingerprint density at radius 1 is 1.16 bits per heavy atom. The minimum atomic E-state index is -0.236. The van der Waals surface area contributed by atoms with Gasteiger partial charge in [0.25, 0.3) is 5.91 Å². The molecule has 1 amide bonds. The highest BCUT2D eigenvalue weighted by molar-refractivity contribution is 6.31. The largest absolute Gasteiger partial charge is 0.471 e. The van der Waals surface area contributed by atoms with Gasteiger partial charge in [-0.2, -0.15) is 5.10 Å². The van der Waals surface area contributed by atoms with Gasteiger partial charge in [-0.05, 0) is 81.5 Å². The zero-order chi connectivity index (χ0) is 22.4. The Balaban J connectivity index is 1.64. The van der Waals surface area contributed by atoms with Crippen LogP contribution in [-0.4, -0.2) is 41.2 Å². The lowest BCUT2D eigenvalue weighted by Crippen LogP contribution is -2.31. The third-order valence-corrected chi connectivity index (χ3v) is 5.48. The van der Waals surface area contributed by atoms with E-state index in [4.69, 9.17) is 27.9 Å². The maximum absolute atomic E-state index is 12.8. The number of nitrogens with one attached hydrogen (secondary N) is 1. The molecular formula is C23H26Cl2N4O2. The quantitative estimate of drug-likeness (QED) is 0.490. The van der Waals surface area contributed by atoms with Crippen molar-refractivity contribution in [3.05, 3.63) is 81.6 Å². The molecule has 0 saturated carbocycles. The van der Waals surface area contributed by atoms with Gasteiger partial charge in [-0.15, -0.1) is 0 Å². The minimum absolute atomic E-state index is 0.148. The van der Waals surface area contributed by atoms with E-state index in [1.54, 1.807) is 29.1 Å². The van der Waals surface area contributed by atoms with Crippen molar-refractivity contribution in [1.29, 1.82) is 0 Å². The number of amides is 1. The van der Waals surface area contributed by atoms with E-state index < -0.39 is 0 Å². The molecule has 1 aromatic heterocycles. The highest BCUT2D eigenvalue weighted by Crippen LogP contribution is 2.22. The molecule has 0 aliphatic heterocycles. The molecule has 0 saturated heterocycles. The summed E-state index contributed by atoms with van der Waals surface area (Å²) in [5.74, 6) is 0.453. The van der Waals surface area contributed by atoms with Gasteiger partial charge in [-0.25, -0.2) is 4.68 Å². The van der Waals surface area contributed by atoms with Gasteiger partial charge >= 0.3 is 0 Å². The summed E-state index contributed by atoms with van der Waals surface area (Å²) in [6.45, 7) is 2.94. The Morgan fingerprint density at radius 3 is 2.58 bits per heavy atom. The van der Waals surface area contributed by atoms with Gasteiger partial charge in [-0.3, -0.25) is 4.79 Å². The second-order valence-electron chi connectivity index (χ2n) is 7.59. The Hall–Kier alpha value is -2.54. The van der Waals surface area contributed by atoms with Crippen molar-refractivity contribution >= 4 is 29.1 Å². The predicted molar refractivity (Wildman–Crippen MR) is 124 cm³/mol. The van der Waals surface area contributed by atoms with Crippen LogP contribution in [0.4, 0.5) is 0 Å². The second kappa shape index (κ2) is 10.7. The lowest BCUT2D eigenvalue weighted by Gasteiger charge is -2.21. The molecule has 0 radical (unpaired) electrons. The monoisotopic (exact) mass is 460 g/mol. The van der Waals surface area contributed by atoms with Gasteiger partial charge in [0, 0.05) is 16.2 Å². The maximum Gasteiger partial charge on any atom is 0.272 e. The Bertz CT molecular complexity index is 1020. The number of hydrogen-bond donors (Lipinski definition) is 1. The van der Waals surface area contributed by atoms with Crippen molar-refractivity contribution in [2.24, 2.45) is 0 Å². The van der Waals surface area contributed by atoms with E-state index in [1.807, 2.05) is 51.4 Å². The summed E-state index contributed by atoms with van der Waals surface area (Å²) in [5.41, 5.74) is 2.27. The van der Waals surface area contributed by atoms with Crippen LogP contribution in [0.1, 0.15) is 34.1 Å². The van der Waals surface area contributed by atoms with E-state index in [9.17, 15) is 4.79 Å². The number of halogens is 2. The van der Waals surface area contributed by atoms with Gasteiger partial charge in [0.15, 0.2) is 6.73 Å². The number of benzene rings is 2. The minimum Gasteiger partial charge on any atom is -0.471 e. The van der Waals surface area contributed by atoms with Crippen LogP contribution >= 0.6 is 23.2 Å². The van der Waals surface area contributed by atoms with E-state index in [0.29, 0.717) is 21.5 Å². The SMILES string of the molecule is Cc1cc(OCn2ccc(C(=O)NC(CCN(C)C)c3ccc(Cl)cc3)n2)ccc1Cl. The van der Waals surface area contributed by atoms with Crippen molar-refractivity contribution < 1.29 is 9.53 Å². The zero-order valence-corrected chi connectivity index (χ0v) is 19.3. The maximum atomic E-state index is 12.8. The average molecular weight is 461 g/mol. The van der Waals surface area contributed by atoms with Gasteiger partial charge in [0.05, 0.1) is 6.04 Å². The van der Waals surface area contributed by atoms with E-state index in [0.717, 1.165) is 24.1 Å². The molecular weight excluding hydrogens is 435 g/mol. The number of rotatable bonds is 9. The fourth-order valence-electron chi connectivity index (χ4n) is 3.04. The molecule has 0 spiro atoms. The molecule has 164 valence electrons. The van der Waals surface area contributed by atoms with Gasteiger partial charge in [0.2, 0.25) is 0 Å². The van der Waals surface area contributed by atoms with Crippen LogP contribution in [0.3, 0.4) is 0 Å². The van der Waals surface area contributed by atoms with E-state index >= 15 is 0 Å². The molecule has 1 unspecified atom stereocenters. The third kappa shape index (κ3) is 6.72. The van der Waals surface area contributed by atoms with Crippen molar-refractivity contribution in [2.75, 3.05) is 20.6 Å². The number of aryl methyl sites for hydroxylation is 1. The highest BCUT2D eigenvalue weighted by Gasteiger charge is 2.18. The summed E-state index contributed by atoms with van der Waals surface area (Å²) in [5, 5.41) is 8.78. The predicted octanol–water partition coefficient (Wildman–Crippen LogP) is 4.96. The molecule has 3 aromatic rings. The number of nitrogens with zero attached hydrogens (tertiary/aromatic N) is 3. The normalized spacial score (nSPS) is 12.1. The molecule has 1 atom stereocenters. The third-order valence-electron chi connectivity index (χ3n) is 4.81. The molecule has 31 heavy (non-hydrogen) atoms. The summed E-state index contributed by atoms with van der Waals surface area (Å²) >= 11 is 12.1. The van der Waals surface area contributed by atoms with Crippen LogP contribution in [0.25, 0.3) is 0 Å². The highest BCUT2D eigenvalue weighted by atomic mass is 35.5. The first-order chi connectivity index (χ1) is 14.8. The van der Waals surface area contributed by atoms with Crippen LogP contribution in [0.2, 0.25) is 10.0 Å². The summed E-state index contributed by atoms with van der Waals surface area (Å²) in [6.07, 6.45) is 2.48. The van der Waals surface area contributed by atoms with Gasteiger partial charge < -0.3 is 15.0 Å². The summed E-state index contributed by atoms with van der Waals surface area (Å²) in [4.78, 5) is 14.9. The van der Waals surface area contributed by atoms with Crippen LogP contribution in [0.5, 0.6) is 5.75 Å². The van der Waals surface area contributed by atoms with Crippen LogP contribution < -0.4 is 10.1 Å². The molecule has 6 nitrogen and oxygen atoms in total. The molecule has 0 aliphatic rings. The van der Waals surface area contributed by atoms with Crippen molar-refractivity contribution in [1.82, 2.24) is 20.0 Å².